The van der Waals surface area contributed by atoms with Gasteiger partial charge in [-0.2, -0.15) is 5.26 Å². The van der Waals surface area contributed by atoms with Gasteiger partial charge in [0, 0.05) is 17.5 Å². The number of esters is 1. The number of hydrogen-bond donors (Lipinski definition) is 1. The summed E-state index contributed by atoms with van der Waals surface area (Å²) >= 11 is 4.79. The fraction of sp³-hybridized carbons (Fsp3) is 0.250. The number of thiophene rings is 1. The van der Waals surface area contributed by atoms with Gasteiger partial charge >= 0.3 is 5.97 Å². The molecule has 7 heteroatoms. The Morgan fingerprint density at radius 3 is 2.95 bits per heavy atom. The third kappa shape index (κ3) is 6.74. The standard InChI is InChI=1S/C12H11BrN2O3S/c13-10-4-2-9(19-10)3-5-12(17)18-8-11(16)15-7-1-6-14/h2-5H,1,7-8H2,(H,15,16)/b5-3+. The van der Waals surface area contributed by atoms with Crippen LogP contribution in [0.5, 0.6) is 0 Å². The van der Waals surface area contributed by atoms with Gasteiger partial charge < -0.3 is 10.1 Å². The second-order valence-corrected chi connectivity index (χ2v) is 5.84. The van der Waals surface area contributed by atoms with Crippen LogP contribution < -0.4 is 5.32 Å². The van der Waals surface area contributed by atoms with Gasteiger partial charge in [0.2, 0.25) is 0 Å². The van der Waals surface area contributed by atoms with Gasteiger partial charge in [-0.1, -0.05) is 0 Å². The van der Waals surface area contributed by atoms with Gasteiger partial charge in [-0.3, -0.25) is 4.79 Å². The summed E-state index contributed by atoms with van der Waals surface area (Å²) in [5.74, 6) is -1.00. The van der Waals surface area contributed by atoms with Gasteiger partial charge in [0.15, 0.2) is 6.61 Å². The van der Waals surface area contributed by atoms with Gasteiger partial charge in [0.05, 0.1) is 16.3 Å². The molecule has 1 heterocycles. The van der Waals surface area contributed by atoms with E-state index >= 15 is 0 Å². The Morgan fingerprint density at radius 2 is 2.32 bits per heavy atom. The van der Waals surface area contributed by atoms with Crippen LogP contribution in [0.25, 0.3) is 6.08 Å². The predicted octanol–water partition coefficient (Wildman–Crippen LogP) is 2.10. The van der Waals surface area contributed by atoms with Gasteiger partial charge in [0.25, 0.3) is 5.91 Å². The highest BCUT2D eigenvalue weighted by Crippen LogP contribution is 2.22. The smallest absolute Gasteiger partial charge is 0.331 e. The molecule has 0 unspecified atom stereocenters. The maximum atomic E-state index is 11.3. The first-order chi connectivity index (χ1) is 9.11. The Labute approximate surface area is 123 Å². The lowest BCUT2D eigenvalue weighted by Gasteiger charge is -2.02. The molecule has 1 aromatic heterocycles. The average molecular weight is 343 g/mol. The number of rotatable bonds is 6. The van der Waals surface area contributed by atoms with Crippen LogP contribution in [0.3, 0.4) is 0 Å². The number of carbonyl (C=O) groups excluding carboxylic acids is 2. The minimum Gasteiger partial charge on any atom is -0.452 e. The second-order valence-electron chi connectivity index (χ2n) is 3.34. The van der Waals surface area contributed by atoms with E-state index in [1.165, 1.54) is 17.4 Å². The number of halogens is 1. The van der Waals surface area contributed by atoms with Crippen molar-refractivity contribution in [1.29, 1.82) is 5.26 Å². The first kappa shape index (κ1) is 15.4. The molecule has 1 amide bonds. The molecule has 1 rings (SSSR count). The van der Waals surface area contributed by atoms with E-state index in [4.69, 9.17) is 10.00 Å². The van der Waals surface area contributed by atoms with Crippen LogP contribution in [-0.2, 0) is 14.3 Å². The monoisotopic (exact) mass is 342 g/mol. The lowest BCUT2D eigenvalue weighted by molar-refractivity contribution is -0.143. The maximum absolute atomic E-state index is 11.3. The molecule has 1 N–H and O–H groups in total. The van der Waals surface area contributed by atoms with E-state index in [1.54, 1.807) is 6.08 Å². The second kappa shape index (κ2) is 8.45. The molecular formula is C12H11BrN2O3S. The molecule has 5 nitrogen and oxygen atoms in total. The Bertz CT molecular complexity index is 519. The molecule has 0 atom stereocenters. The lowest BCUT2D eigenvalue weighted by Crippen LogP contribution is -2.29. The van der Waals surface area contributed by atoms with Crippen molar-refractivity contribution in [3.05, 3.63) is 26.9 Å². The maximum Gasteiger partial charge on any atom is 0.331 e. The summed E-state index contributed by atoms with van der Waals surface area (Å²) in [7, 11) is 0. The first-order valence-corrected chi connectivity index (χ1v) is 6.96. The molecule has 19 heavy (non-hydrogen) atoms. The quantitative estimate of drug-likeness (QED) is 0.487. The largest absolute Gasteiger partial charge is 0.452 e. The zero-order valence-corrected chi connectivity index (χ0v) is 12.3. The highest BCUT2D eigenvalue weighted by Gasteiger charge is 2.04. The minimum atomic E-state index is -0.583. The zero-order chi connectivity index (χ0) is 14.1. The molecule has 1 aromatic rings. The number of ether oxygens (including phenoxy) is 1. The summed E-state index contributed by atoms with van der Waals surface area (Å²) < 4.78 is 5.71. The number of carbonyl (C=O) groups is 2. The molecule has 0 spiro atoms. The van der Waals surface area contributed by atoms with Crippen LogP contribution in [-0.4, -0.2) is 25.0 Å². The molecule has 0 aliphatic rings. The zero-order valence-electron chi connectivity index (χ0n) is 9.89. The Hall–Kier alpha value is -1.65. The predicted molar refractivity (Wildman–Crippen MR) is 75.3 cm³/mol. The fourth-order valence-electron chi connectivity index (χ4n) is 1.06. The Balaban J connectivity index is 2.26. The van der Waals surface area contributed by atoms with Crippen molar-refractivity contribution < 1.29 is 14.3 Å². The molecule has 0 fully saturated rings. The average Bonchev–Trinajstić information content (AvgIpc) is 2.80. The van der Waals surface area contributed by atoms with Crippen molar-refractivity contribution in [3.8, 4) is 6.07 Å². The fourth-order valence-corrected chi connectivity index (χ4v) is 2.39. The molecular weight excluding hydrogens is 332 g/mol. The number of nitriles is 1. The normalized spacial score (nSPS) is 10.1. The van der Waals surface area contributed by atoms with E-state index in [0.29, 0.717) is 0 Å². The van der Waals surface area contributed by atoms with E-state index < -0.39 is 11.9 Å². The SMILES string of the molecule is N#CCCNC(=O)COC(=O)/C=C/c1ccc(Br)s1. The minimum absolute atomic E-state index is 0.229. The van der Waals surface area contributed by atoms with Crippen LogP contribution >= 0.6 is 27.3 Å². The van der Waals surface area contributed by atoms with Gasteiger partial charge in [-0.25, -0.2) is 4.79 Å². The van der Waals surface area contributed by atoms with Gasteiger partial charge in [-0.15, -0.1) is 11.3 Å². The highest BCUT2D eigenvalue weighted by molar-refractivity contribution is 9.11. The van der Waals surface area contributed by atoms with Crippen LogP contribution in [0.1, 0.15) is 11.3 Å². The summed E-state index contributed by atoms with van der Waals surface area (Å²) in [6.45, 7) is -0.0886. The number of hydrogen-bond acceptors (Lipinski definition) is 5. The number of nitrogens with zero attached hydrogens (tertiary/aromatic N) is 1. The highest BCUT2D eigenvalue weighted by atomic mass is 79.9. The topological polar surface area (TPSA) is 79.2 Å². The van der Waals surface area contributed by atoms with Gasteiger partial charge in [0.1, 0.15) is 0 Å². The van der Waals surface area contributed by atoms with Crippen LogP contribution in [0.2, 0.25) is 0 Å². The molecule has 0 aliphatic carbocycles. The van der Waals surface area contributed by atoms with E-state index in [9.17, 15) is 9.59 Å². The summed E-state index contributed by atoms with van der Waals surface area (Å²) in [6.07, 6.45) is 3.11. The number of nitrogens with one attached hydrogen (secondary N) is 1. The first-order valence-electron chi connectivity index (χ1n) is 5.35. The van der Waals surface area contributed by atoms with Crippen molar-refractivity contribution in [3.63, 3.8) is 0 Å². The molecule has 0 aliphatic heterocycles. The molecule has 0 saturated heterocycles. The van der Waals surface area contributed by atoms with E-state index in [0.717, 1.165) is 8.66 Å². The molecule has 0 radical (unpaired) electrons. The van der Waals surface area contributed by atoms with Crippen LogP contribution in [0, 0.1) is 11.3 Å². The Morgan fingerprint density at radius 1 is 1.53 bits per heavy atom. The molecule has 0 saturated carbocycles. The van der Waals surface area contributed by atoms with E-state index in [1.807, 2.05) is 18.2 Å². The van der Waals surface area contributed by atoms with Crippen LogP contribution in [0.4, 0.5) is 0 Å². The third-order valence-corrected chi connectivity index (χ3v) is 3.47. The van der Waals surface area contributed by atoms with Crippen molar-refractivity contribution in [2.45, 2.75) is 6.42 Å². The van der Waals surface area contributed by atoms with Crippen LogP contribution in [0.15, 0.2) is 22.0 Å². The van der Waals surface area contributed by atoms with Crippen molar-refractivity contribution in [2.75, 3.05) is 13.2 Å². The molecule has 0 bridgehead atoms. The van der Waals surface area contributed by atoms with Crippen molar-refractivity contribution >= 4 is 45.2 Å². The van der Waals surface area contributed by atoms with E-state index in [-0.39, 0.29) is 19.6 Å². The van der Waals surface area contributed by atoms with Crippen molar-refractivity contribution in [1.82, 2.24) is 5.32 Å². The molecule has 0 aromatic carbocycles. The summed E-state index contributed by atoms with van der Waals surface area (Å²) in [5.41, 5.74) is 0. The third-order valence-electron chi connectivity index (χ3n) is 1.88. The van der Waals surface area contributed by atoms with Gasteiger partial charge in [-0.05, 0) is 34.1 Å². The molecule has 100 valence electrons. The van der Waals surface area contributed by atoms with Crippen molar-refractivity contribution in [2.24, 2.45) is 0 Å². The summed E-state index contributed by atoms with van der Waals surface area (Å²) in [4.78, 5) is 23.4. The Kier molecular flexibility index (Phi) is 6.85. The summed E-state index contributed by atoms with van der Waals surface area (Å²) in [5, 5.41) is 10.7. The lowest BCUT2D eigenvalue weighted by atomic mass is 10.4. The number of amides is 1. The van der Waals surface area contributed by atoms with E-state index in [2.05, 4.69) is 21.2 Å². The summed E-state index contributed by atoms with van der Waals surface area (Å²) in [6, 6.07) is 5.62.